The molecule has 0 fully saturated rings. The Hall–Kier alpha value is -2.75. The monoisotopic (exact) mass is 413 g/mol. The normalized spacial score (nSPS) is 11.3. The van der Waals surface area contributed by atoms with Gasteiger partial charge in [-0.15, -0.1) is 0 Å². The fraction of sp³-hybridized carbons (Fsp3) is 0.333. The van der Waals surface area contributed by atoms with Gasteiger partial charge in [0.1, 0.15) is 27.9 Å². The van der Waals surface area contributed by atoms with Crippen molar-refractivity contribution in [2.24, 2.45) is 0 Å². The van der Waals surface area contributed by atoms with Crippen LogP contribution in [0.25, 0.3) is 0 Å². The number of nitrogens with zero attached hydrogens (tertiary/aromatic N) is 2. The van der Waals surface area contributed by atoms with E-state index in [0.29, 0.717) is 25.2 Å². The average molecular weight is 413 g/mol. The summed E-state index contributed by atoms with van der Waals surface area (Å²) in [6, 6.07) is 3.14. The molecule has 0 aliphatic rings. The Bertz CT molecular complexity index is 961. The number of rotatable bonds is 9. The number of carboxylic acid groups (broad SMARTS) is 1. The van der Waals surface area contributed by atoms with E-state index in [1.165, 1.54) is 0 Å². The minimum atomic E-state index is -4.47. The maximum Gasteiger partial charge on any atom is 0.339 e. The lowest BCUT2D eigenvalue weighted by molar-refractivity contribution is 0.0697. The van der Waals surface area contributed by atoms with Gasteiger partial charge in [0.15, 0.2) is 0 Å². The van der Waals surface area contributed by atoms with E-state index in [2.05, 4.69) is 4.98 Å². The molecule has 152 valence electrons. The third-order valence-electron chi connectivity index (χ3n) is 3.82. The molecular formula is C18H21F2N3O4S. The number of aromatic nitrogens is 1. The number of pyridine rings is 1. The van der Waals surface area contributed by atoms with Crippen molar-refractivity contribution in [2.45, 2.75) is 31.6 Å². The van der Waals surface area contributed by atoms with E-state index in [4.69, 9.17) is 0 Å². The summed E-state index contributed by atoms with van der Waals surface area (Å²) in [7, 11) is -4.47. The number of anilines is 2. The Labute approximate surface area is 162 Å². The molecule has 2 aromatic rings. The molecule has 0 saturated carbocycles. The van der Waals surface area contributed by atoms with Gasteiger partial charge < -0.3 is 10.0 Å². The first kappa shape index (κ1) is 21.5. The SMILES string of the molecule is CCCN(CCC)c1ncc(NS(=O)(=O)c2cc(F)ccc2F)cc1C(=O)O. The highest BCUT2D eigenvalue weighted by molar-refractivity contribution is 7.92. The molecule has 2 rings (SSSR count). The van der Waals surface area contributed by atoms with Crippen LogP contribution in [0.4, 0.5) is 20.3 Å². The molecule has 2 N–H and O–H groups in total. The summed E-state index contributed by atoms with van der Waals surface area (Å²) < 4.78 is 53.9. The second-order valence-electron chi connectivity index (χ2n) is 6.07. The van der Waals surface area contributed by atoms with E-state index < -0.39 is 32.5 Å². The maximum absolute atomic E-state index is 13.8. The molecule has 1 aromatic carbocycles. The van der Waals surface area contributed by atoms with Gasteiger partial charge >= 0.3 is 5.97 Å². The van der Waals surface area contributed by atoms with Crippen LogP contribution in [0.2, 0.25) is 0 Å². The van der Waals surface area contributed by atoms with E-state index >= 15 is 0 Å². The standard InChI is InChI=1S/C18H21F2N3O4S/c1-3-7-23(8-4-2)17-14(18(24)25)10-13(11-21-17)22-28(26,27)16-9-12(19)5-6-15(16)20/h5-6,9-11,22H,3-4,7-8H2,1-2H3,(H,24,25). The van der Waals surface area contributed by atoms with Crippen molar-refractivity contribution >= 4 is 27.5 Å². The van der Waals surface area contributed by atoms with Gasteiger partial charge in [-0.1, -0.05) is 13.8 Å². The highest BCUT2D eigenvalue weighted by Crippen LogP contribution is 2.25. The summed E-state index contributed by atoms with van der Waals surface area (Å²) in [5.41, 5.74) is -0.362. The summed E-state index contributed by atoms with van der Waals surface area (Å²) in [4.78, 5) is 16.7. The molecule has 0 radical (unpaired) electrons. The molecule has 7 nitrogen and oxygen atoms in total. The number of nitrogens with one attached hydrogen (secondary N) is 1. The molecule has 0 aliphatic heterocycles. The Morgan fingerprint density at radius 3 is 2.39 bits per heavy atom. The zero-order valence-corrected chi connectivity index (χ0v) is 16.3. The predicted molar refractivity (Wildman–Crippen MR) is 101 cm³/mol. The van der Waals surface area contributed by atoms with Gasteiger partial charge in [0, 0.05) is 13.1 Å². The summed E-state index contributed by atoms with van der Waals surface area (Å²) in [6.07, 6.45) is 2.69. The number of benzene rings is 1. The third kappa shape index (κ3) is 4.94. The van der Waals surface area contributed by atoms with Gasteiger partial charge in [0.05, 0.1) is 11.9 Å². The van der Waals surface area contributed by atoms with E-state index in [1.807, 2.05) is 18.6 Å². The van der Waals surface area contributed by atoms with Crippen LogP contribution < -0.4 is 9.62 Å². The molecule has 0 unspecified atom stereocenters. The first-order chi connectivity index (χ1) is 13.2. The van der Waals surface area contributed by atoms with Crippen LogP contribution in [0.1, 0.15) is 37.0 Å². The van der Waals surface area contributed by atoms with Crippen LogP contribution in [-0.4, -0.2) is 37.6 Å². The number of carboxylic acids is 1. The zero-order valence-electron chi connectivity index (χ0n) is 15.4. The van der Waals surface area contributed by atoms with E-state index in [0.717, 1.165) is 31.2 Å². The van der Waals surface area contributed by atoms with Crippen molar-refractivity contribution in [3.05, 3.63) is 47.7 Å². The van der Waals surface area contributed by atoms with Gasteiger partial charge in [-0.05, 0) is 37.1 Å². The number of hydrogen-bond donors (Lipinski definition) is 2. The van der Waals surface area contributed by atoms with Gasteiger partial charge in [-0.3, -0.25) is 4.72 Å². The fourth-order valence-electron chi connectivity index (χ4n) is 2.68. The largest absolute Gasteiger partial charge is 0.478 e. The van der Waals surface area contributed by atoms with E-state index in [1.54, 1.807) is 4.90 Å². The summed E-state index contributed by atoms with van der Waals surface area (Å²) >= 11 is 0. The van der Waals surface area contributed by atoms with Gasteiger partial charge in [-0.25, -0.2) is 27.0 Å². The van der Waals surface area contributed by atoms with Crippen LogP contribution in [0.5, 0.6) is 0 Å². The van der Waals surface area contributed by atoms with E-state index in [-0.39, 0.29) is 17.1 Å². The van der Waals surface area contributed by atoms with Crippen molar-refractivity contribution in [3.63, 3.8) is 0 Å². The maximum atomic E-state index is 13.8. The number of halogens is 2. The zero-order chi connectivity index (χ0) is 20.9. The Balaban J connectivity index is 2.43. The molecule has 0 atom stereocenters. The van der Waals surface area contributed by atoms with Crippen molar-refractivity contribution in [1.29, 1.82) is 0 Å². The second kappa shape index (κ2) is 8.96. The molecule has 0 aliphatic carbocycles. The van der Waals surface area contributed by atoms with Crippen LogP contribution >= 0.6 is 0 Å². The smallest absolute Gasteiger partial charge is 0.339 e. The number of sulfonamides is 1. The number of carbonyl (C=O) groups is 1. The van der Waals surface area contributed by atoms with Gasteiger partial charge in [0.25, 0.3) is 10.0 Å². The van der Waals surface area contributed by atoms with Gasteiger partial charge in [0.2, 0.25) is 0 Å². The fourth-order valence-corrected chi connectivity index (χ4v) is 3.80. The molecule has 0 saturated heterocycles. The molecule has 1 heterocycles. The third-order valence-corrected chi connectivity index (χ3v) is 5.21. The minimum Gasteiger partial charge on any atom is -0.478 e. The Morgan fingerprint density at radius 2 is 1.82 bits per heavy atom. The lowest BCUT2D eigenvalue weighted by Gasteiger charge is -2.24. The molecule has 1 aromatic heterocycles. The summed E-state index contributed by atoms with van der Waals surface area (Å²) in [6.45, 7) is 5.06. The second-order valence-corrected chi connectivity index (χ2v) is 7.72. The number of hydrogen-bond acceptors (Lipinski definition) is 5. The Morgan fingerprint density at radius 1 is 1.18 bits per heavy atom. The van der Waals surface area contributed by atoms with Crippen LogP contribution in [0.15, 0.2) is 35.4 Å². The van der Waals surface area contributed by atoms with E-state index in [9.17, 15) is 27.1 Å². The van der Waals surface area contributed by atoms with Crippen molar-refractivity contribution in [2.75, 3.05) is 22.7 Å². The van der Waals surface area contributed by atoms with Crippen LogP contribution in [-0.2, 0) is 10.0 Å². The number of aromatic carboxylic acids is 1. The molecule has 28 heavy (non-hydrogen) atoms. The van der Waals surface area contributed by atoms with Crippen molar-refractivity contribution in [3.8, 4) is 0 Å². The lowest BCUT2D eigenvalue weighted by atomic mass is 10.2. The first-order valence-electron chi connectivity index (χ1n) is 8.65. The molecule has 10 heteroatoms. The van der Waals surface area contributed by atoms with Gasteiger partial charge in [-0.2, -0.15) is 0 Å². The summed E-state index contributed by atoms with van der Waals surface area (Å²) in [5, 5.41) is 9.52. The van der Waals surface area contributed by atoms with Crippen molar-refractivity contribution in [1.82, 2.24) is 4.98 Å². The molecule has 0 spiro atoms. The topological polar surface area (TPSA) is 99.6 Å². The predicted octanol–water partition coefficient (Wildman–Crippen LogP) is 3.49. The first-order valence-corrected chi connectivity index (χ1v) is 10.1. The van der Waals surface area contributed by atoms with Crippen LogP contribution in [0, 0.1) is 11.6 Å². The summed E-state index contributed by atoms with van der Waals surface area (Å²) in [5.74, 6) is -3.11. The highest BCUT2D eigenvalue weighted by atomic mass is 32.2. The molecule has 0 amide bonds. The average Bonchev–Trinajstić information content (AvgIpc) is 2.63. The lowest BCUT2D eigenvalue weighted by Crippen LogP contribution is -2.28. The Kier molecular flexibility index (Phi) is 6.90. The van der Waals surface area contributed by atoms with Crippen molar-refractivity contribution < 1.29 is 27.1 Å². The molecule has 0 bridgehead atoms. The highest BCUT2D eigenvalue weighted by Gasteiger charge is 2.23. The quantitative estimate of drug-likeness (QED) is 0.653. The molecular weight excluding hydrogens is 392 g/mol. The van der Waals surface area contributed by atoms with Crippen LogP contribution in [0.3, 0.4) is 0 Å². The minimum absolute atomic E-state index is 0.169.